The molecule has 0 aromatic heterocycles. The van der Waals surface area contributed by atoms with Gasteiger partial charge in [-0.25, -0.2) is 18.3 Å². The van der Waals surface area contributed by atoms with Gasteiger partial charge in [0.2, 0.25) is 10.0 Å². The first-order chi connectivity index (χ1) is 7.60. The summed E-state index contributed by atoms with van der Waals surface area (Å²) in [6, 6.07) is 5.82. The molecule has 0 aliphatic heterocycles. The summed E-state index contributed by atoms with van der Waals surface area (Å²) in [6.45, 7) is 5.36. The van der Waals surface area contributed by atoms with E-state index in [2.05, 4.69) is 0 Å². The number of hydrogen-bond donors (Lipinski definition) is 1. The van der Waals surface area contributed by atoms with Gasteiger partial charge in [-0.15, -0.1) is 0 Å². The molecule has 0 radical (unpaired) electrons. The maximum atomic E-state index is 11.6. The lowest BCUT2D eigenvalue weighted by Gasteiger charge is -2.18. The van der Waals surface area contributed by atoms with Gasteiger partial charge in [-0.2, -0.15) is 0 Å². The molecule has 2 N–H and O–H groups in total. The van der Waals surface area contributed by atoms with E-state index in [-0.39, 0.29) is 4.90 Å². The Morgan fingerprint density at radius 3 is 2.06 bits per heavy atom. The van der Waals surface area contributed by atoms with Crippen LogP contribution in [0, 0.1) is 5.21 Å². The Hall–Kier alpha value is -1.40. The number of rotatable bonds is 2. The van der Waals surface area contributed by atoms with Crippen LogP contribution in [0.4, 0.5) is 0 Å². The molecule has 0 spiro atoms. The zero-order chi connectivity index (χ0) is 13.3. The topological polar surface area (TPSA) is 86.2 Å². The number of hydrogen-bond acceptors (Lipinski definition) is 3. The fourth-order valence-electron chi connectivity index (χ4n) is 1.07. The smallest absolute Gasteiger partial charge is 0.238 e. The summed E-state index contributed by atoms with van der Waals surface area (Å²) in [5, 5.41) is 16.6. The van der Waals surface area contributed by atoms with Gasteiger partial charge >= 0.3 is 0 Å². The zero-order valence-corrected chi connectivity index (χ0v) is 10.9. The second-order valence-corrected chi connectivity index (χ2v) is 6.30. The Kier molecular flexibility index (Phi) is 3.59. The van der Waals surface area contributed by atoms with E-state index in [1.165, 1.54) is 30.5 Å². The van der Waals surface area contributed by atoms with E-state index < -0.39 is 15.6 Å². The maximum absolute atomic E-state index is 11.6. The standard InChI is InChI=1S/C11H16N2O3S/c1-11(2,3)13(14)8-9-4-6-10(7-5-9)17(12,15)16/h4-8H,1-3H3,(H2,12,15,16)/b13-8-. The molecule has 1 rings (SSSR count). The van der Waals surface area contributed by atoms with E-state index >= 15 is 0 Å². The van der Waals surface area contributed by atoms with E-state index in [0.29, 0.717) is 5.56 Å². The van der Waals surface area contributed by atoms with Crippen LogP contribution in [0.1, 0.15) is 26.3 Å². The van der Waals surface area contributed by atoms with Gasteiger partial charge < -0.3 is 5.21 Å². The van der Waals surface area contributed by atoms with E-state index in [1.807, 2.05) is 0 Å². The molecule has 94 valence electrons. The molecule has 1 aromatic carbocycles. The molecule has 0 saturated carbocycles. The van der Waals surface area contributed by atoms with Gasteiger partial charge in [-0.1, -0.05) is 0 Å². The highest BCUT2D eigenvalue weighted by Gasteiger charge is 2.18. The van der Waals surface area contributed by atoms with Crippen molar-refractivity contribution < 1.29 is 13.2 Å². The highest BCUT2D eigenvalue weighted by Crippen LogP contribution is 2.09. The molecule has 17 heavy (non-hydrogen) atoms. The Balaban J connectivity index is 3.06. The average molecular weight is 256 g/mol. The van der Waals surface area contributed by atoms with Crippen molar-refractivity contribution in [2.24, 2.45) is 5.14 Å². The van der Waals surface area contributed by atoms with Gasteiger partial charge in [0.15, 0.2) is 11.8 Å². The summed E-state index contributed by atoms with van der Waals surface area (Å²) >= 11 is 0. The Morgan fingerprint density at radius 1 is 1.24 bits per heavy atom. The number of sulfonamides is 1. The van der Waals surface area contributed by atoms with Crippen LogP contribution in [-0.4, -0.2) is 24.9 Å². The van der Waals surface area contributed by atoms with Gasteiger partial charge in [0, 0.05) is 26.3 Å². The zero-order valence-electron chi connectivity index (χ0n) is 10.0. The highest BCUT2D eigenvalue weighted by molar-refractivity contribution is 7.89. The number of hydroxylamine groups is 1. The van der Waals surface area contributed by atoms with Gasteiger partial charge in [0.05, 0.1) is 4.90 Å². The summed E-state index contributed by atoms with van der Waals surface area (Å²) < 4.78 is 22.9. The van der Waals surface area contributed by atoms with E-state index in [4.69, 9.17) is 5.14 Å². The Bertz CT molecular complexity index is 525. The highest BCUT2D eigenvalue weighted by atomic mass is 32.2. The minimum Gasteiger partial charge on any atom is -0.623 e. The molecule has 0 unspecified atom stereocenters. The van der Waals surface area contributed by atoms with Crippen LogP contribution in [0.25, 0.3) is 0 Å². The van der Waals surface area contributed by atoms with Crippen LogP contribution in [0.2, 0.25) is 0 Å². The van der Waals surface area contributed by atoms with E-state index in [0.717, 1.165) is 4.74 Å². The molecule has 1 aromatic rings. The molecule has 0 aliphatic carbocycles. The van der Waals surface area contributed by atoms with Gasteiger partial charge in [-0.05, 0) is 24.3 Å². The molecular weight excluding hydrogens is 240 g/mol. The van der Waals surface area contributed by atoms with Crippen molar-refractivity contribution >= 4 is 16.2 Å². The third kappa shape index (κ3) is 3.83. The predicted molar refractivity (Wildman–Crippen MR) is 66.4 cm³/mol. The Labute approximate surface area is 101 Å². The number of primary sulfonamides is 1. The number of nitrogens with zero attached hydrogens (tertiary/aromatic N) is 1. The largest absolute Gasteiger partial charge is 0.623 e. The summed E-state index contributed by atoms with van der Waals surface area (Å²) in [4.78, 5) is 0.0304. The lowest BCUT2D eigenvalue weighted by atomic mass is 10.1. The maximum Gasteiger partial charge on any atom is 0.238 e. The number of benzene rings is 1. The molecule has 0 fully saturated rings. The third-order valence-electron chi connectivity index (χ3n) is 2.14. The van der Waals surface area contributed by atoms with Crippen molar-refractivity contribution in [1.29, 1.82) is 0 Å². The van der Waals surface area contributed by atoms with Crippen molar-refractivity contribution in [3.8, 4) is 0 Å². The lowest BCUT2D eigenvalue weighted by Crippen LogP contribution is -2.29. The minimum atomic E-state index is -3.68. The summed E-state index contributed by atoms with van der Waals surface area (Å²) in [5.41, 5.74) is 0.0980. The quantitative estimate of drug-likeness (QED) is 0.371. The van der Waals surface area contributed by atoms with Crippen molar-refractivity contribution in [3.05, 3.63) is 35.0 Å². The summed E-state index contributed by atoms with van der Waals surface area (Å²) in [7, 11) is -3.68. The van der Waals surface area contributed by atoms with Crippen LogP contribution < -0.4 is 5.14 Å². The normalized spacial score (nSPS) is 13.8. The SMILES string of the molecule is CC(C)(C)/[N+]([O-])=C/c1ccc(S(N)(=O)=O)cc1. The van der Waals surface area contributed by atoms with Crippen LogP contribution in [0.5, 0.6) is 0 Å². The molecule has 5 nitrogen and oxygen atoms in total. The van der Waals surface area contributed by atoms with Crippen molar-refractivity contribution in [2.45, 2.75) is 31.2 Å². The molecule has 0 bridgehead atoms. The molecular formula is C11H16N2O3S. The molecule has 0 amide bonds. The Morgan fingerprint density at radius 2 is 1.71 bits per heavy atom. The van der Waals surface area contributed by atoms with E-state index in [1.54, 1.807) is 20.8 Å². The van der Waals surface area contributed by atoms with Crippen molar-refractivity contribution in [1.82, 2.24) is 0 Å². The van der Waals surface area contributed by atoms with Crippen LogP contribution in [0.15, 0.2) is 29.2 Å². The molecule has 0 atom stereocenters. The first kappa shape index (κ1) is 13.7. The molecule has 0 saturated heterocycles. The summed E-state index contributed by atoms with van der Waals surface area (Å²) in [5.74, 6) is 0. The third-order valence-corrected chi connectivity index (χ3v) is 3.07. The second-order valence-electron chi connectivity index (χ2n) is 4.74. The van der Waals surface area contributed by atoms with Crippen molar-refractivity contribution in [2.75, 3.05) is 0 Å². The van der Waals surface area contributed by atoms with Crippen LogP contribution >= 0.6 is 0 Å². The first-order valence-corrected chi connectivity index (χ1v) is 6.59. The van der Waals surface area contributed by atoms with Crippen LogP contribution in [-0.2, 0) is 10.0 Å². The van der Waals surface area contributed by atoms with Gasteiger partial charge in [-0.3, -0.25) is 0 Å². The molecule has 6 heteroatoms. The first-order valence-electron chi connectivity index (χ1n) is 5.05. The fraction of sp³-hybridized carbons (Fsp3) is 0.364. The summed E-state index contributed by atoms with van der Waals surface area (Å²) in [6.07, 6.45) is 1.41. The van der Waals surface area contributed by atoms with E-state index in [9.17, 15) is 13.6 Å². The van der Waals surface area contributed by atoms with Crippen LogP contribution in [0.3, 0.4) is 0 Å². The monoisotopic (exact) mass is 256 g/mol. The van der Waals surface area contributed by atoms with Crippen molar-refractivity contribution in [3.63, 3.8) is 0 Å². The molecule has 0 aliphatic rings. The molecule has 0 heterocycles. The number of nitrogens with two attached hydrogens (primary N) is 1. The average Bonchev–Trinajstić information content (AvgIpc) is 2.15. The second kappa shape index (κ2) is 4.46. The van der Waals surface area contributed by atoms with Gasteiger partial charge in [0.1, 0.15) is 0 Å². The fourth-order valence-corrected chi connectivity index (χ4v) is 1.59. The van der Waals surface area contributed by atoms with Gasteiger partial charge in [0.25, 0.3) is 0 Å². The predicted octanol–water partition coefficient (Wildman–Crippen LogP) is 1.06. The minimum absolute atomic E-state index is 0.0304. The lowest BCUT2D eigenvalue weighted by molar-refractivity contribution is -0.530.